The molecule has 0 unspecified atom stereocenters. The summed E-state index contributed by atoms with van der Waals surface area (Å²) < 4.78 is 38.5. The van der Waals surface area contributed by atoms with Gasteiger partial charge in [0.1, 0.15) is 0 Å². The molecule has 1 aliphatic carbocycles. The maximum Gasteiger partial charge on any atom is 0.426 e. The summed E-state index contributed by atoms with van der Waals surface area (Å²) in [5.41, 5.74) is -3.40. The van der Waals surface area contributed by atoms with Crippen molar-refractivity contribution in [1.29, 1.82) is 0 Å². The first-order valence-corrected chi connectivity index (χ1v) is 8.44. The number of alkyl halides is 3. The molecule has 0 spiro atoms. The minimum Gasteiger partial charge on any atom is -0.373 e. The quantitative estimate of drug-likeness (QED) is 0.828. The number of carbonyl (C=O) groups is 2. The van der Waals surface area contributed by atoms with E-state index in [0.717, 1.165) is 37.0 Å². The van der Waals surface area contributed by atoms with Crippen molar-refractivity contribution in [3.8, 4) is 0 Å². The molecular weight excluding hydrogens is 325 g/mol. The van der Waals surface area contributed by atoms with E-state index in [0.29, 0.717) is 6.92 Å². The number of nitrogens with zero attached hydrogens (tertiary/aromatic N) is 2. The van der Waals surface area contributed by atoms with Crippen LogP contribution in [0.3, 0.4) is 0 Å². The molecule has 1 heterocycles. The zero-order chi connectivity index (χ0) is 18.1. The molecule has 0 bridgehead atoms. The molecule has 0 aromatic carbocycles. The molecule has 5 nitrogen and oxygen atoms in total. The molecule has 2 rings (SSSR count). The summed E-state index contributed by atoms with van der Waals surface area (Å²) in [5, 5.41) is 9.54. The summed E-state index contributed by atoms with van der Waals surface area (Å²) in [6.45, 7) is 2.41. The van der Waals surface area contributed by atoms with Crippen LogP contribution in [0.4, 0.5) is 13.2 Å². The average molecular weight is 350 g/mol. The van der Waals surface area contributed by atoms with Gasteiger partial charge in [0.2, 0.25) is 11.5 Å². The second-order valence-corrected chi connectivity index (χ2v) is 7.04. The molecule has 24 heavy (non-hydrogen) atoms. The van der Waals surface area contributed by atoms with E-state index in [1.807, 2.05) is 0 Å². The third-order valence-corrected chi connectivity index (χ3v) is 5.12. The van der Waals surface area contributed by atoms with Crippen molar-refractivity contribution in [3.05, 3.63) is 0 Å². The Labute approximate surface area is 139 Å². The Morgan fingerprint density at radius 3 is 2.17 bits per heavy atom. The first kappa shape index (κ1) is 19.0. The first-order valence-electron chi connectivity index (χ1n) is 8.44. The van der Waals surface area contributed by atoms with Crippen molar-refractivity contribution >= 4 is 11.8 Å². The molecule has 0 aromatic rings. The summed E-state index contributed by atoms with van der Waals surface area (Å²) in [6.07, 6.45) is -0.132. The second-order valence-electron chi connectivity index (χ2n) is 7.04. The summed E-state index contributed by atoms with van der Waals surface area (Å²) in [6, 6.07) is -0.360. The summed E-state index contributed by atoms with van der Waals surface area (Å²) in [7, 11) is 0. The fourth-order valence-corrected chi connectivity index (χ4v) is 3.48. The van der Waals surface area contributed by atoms with Gasteiger partial charge in [0.25, 0.3) is 5.91 Å². The highest BCUT2D eigenvalue weighted by atomic mass is 19.4. The van der Waals surface area contributed by atoms with Gasteiger partial charge in [-0.2, -0.15) is 13.2 Å². The number of carbonyl (C=O) groups excluding carboxylic acids is 2. The van der Waals surface area contributed by atoms with Gasteiger partial charge in [-0.1, -0.05) is 19.3 Å². The Kier molecular flexibility index (Phi) is 5.47. The Morgan fingerprint density at radius 2 is 1.67 bits per heavy atom. The molecule has 2 atom stereocenters. The van der Waals surface area contributed by atoms with Crippen molar-refractivity contribution in [2.24, 2.45) is 5.92 Å². The lowest BCUT2D eigenvalue weighted by molar-refractivity contribution is -0.251. The minimum absolute atomic E-state index is 0.00350. The average Bonchev–Trinajstić information content (AvgIpc) is 2.53. The second kappa shape index (κ2) is 6.90. The number of aliphatic hydroxyl groups is 1. The molecule has 1 saturated heterocycles. The Hall–Kier alpha value is -1.31. The van der Waals surface area contributed by atoms with Gasteiger partial charge in [0.05, 0.1) is 0 Å². The van der Waals surface area contributed by atoms with Crippen LogP contribution in [0.15, 0.2) is 0 Å². The minimum atomic E-state index is -5.03. The fourth-order valence-electron chi connectivity index (χ4n) is 3.48. The third-order valence-electron chi connectivity index (χ3n) is 5.12. The SMILES string of the molecule is C[C@@H]1CN(C(=O)[C@@](C)(O)C(F)(F)F)CCN1C(=O)C1CCCCC1. The molecule has 2 aliphatic rings. The topological polar surface area (TPSA) is 60.9 Å². The van der Waals surface area contributed by atoms with E-state index in [1.165, 1.54) is 0 Å². The summed E-state index contributed by atoms with van der Waals surface area (Å²) in [4.78, 5) is 27.3. The number of hydrogen-bond acceptors (Lipinski definition) is 3. The number of halogens is 3. The van der Waals surface area contributed by atoms with E-state index in [2.05, 4.69) is 0 Å². The Balaban J connectivity index is 2.00. The predicted octanol–water partition coefficient (Wildman–Crippen LogP) is 1.94. The molecule has 2 amide bonds. The summed E-state index contributed by atoms with van der Waals surface area (Å²) in [5.74, 6) is -1.33. The van der Waals surface area contributed by atoms with Crippen LogP contribution in [-0.4, -0.2) is 64.2 Å². The highest BCUT2D eigenvalue weighted by Gasteiger charge is 2.57. The molecule has 1 N–H and O–H groups in total. The van der Waals surface area contributed by atoms with Gasteiger partial charge in [-0.15, -0.1) is 0 Å². The van der Waals surface area contributed by atoms with Crippen LogP contribution in [0.2, 0.25) is 0 Å². The van der Waals surface area contributed by atoms with E-state index >= 15 is 0 Å². The van der Waals surface area contributed by atoms with Crippen LogP contribution in [0.1, 0.15) is 46.0 Å². The van der Waals surface area contributed by atoms with Crippen LogP contribution in [0, 0.1) is 5.92 Å². The highest BCUT2D eigenvalue weighted by Crippen LogP contribution is 2.32. The molecular formula is C16H25F3N2O3. The van der Waals surface area contributed by atoms with Crippen molar-refractivity contribution < 1.29 is 27.9 Å². The zero-order valence-corrected chi connectivity index (χ0v) is 14.1. The van der Waals surface area contributed by atoms with Crippen molar-refractivity contribution in [1.82, 2.24) is 9.80 Å². The molecule has 2 fully saturated rings. The van der Waals surface area contributed by atoms with Crippen molar-refractivity contribution in [2.45, 2.75) is 63.8 Å². The predicted molar refractivity (Wildman–Crippen MR) is 81.0 cm³/mol. The third kappa shape index (κ3) is 3.68. The molecule has 1 saturated carbocycles. The van der Waals surface area contributed by atoms with Gasteiger partial charge in [0.15, 0.2) is 0 Å². The van der Waals surface area contributed by atoms with E-state index in [1.54, 1.807) is 11.8 Å². The standard InChI is InChI=1S/C16H25F3N2O3/c1-11-10-20(14(23)15(2,24)16(17,18)19)8-9-21(11)13(22)12-6-4-3-5-7-12/h11-12,24H,3-10H2,1-2H3/t11-,15-/m1/s1. The van der Waals surface area contributed by atoms with Crippen LogP contribution in [0.25, 0.3) is 0 Å². The van der Waals surface area contributed by atoms with Crippen LogP contribution < -0.4 is 0 Å². The van der Waals surface area contributed by atoms with Gasteiger partial charge >= 0.3 is 6.18 Å². The van der Waals surface area contributed by atoms with Gasteiger partial charge < -0.3 is 14.9 Å². The van der Waals surface area contributed by atoms with E-state index in [4.69, 9.17) is 0 Å². The molecule has 0 aromatic heterocycles. The molecule has 8 heteroatoms. The highest BCUT2D eigenvalue weighted by molar-refractivity contribution is 5.86. The number of amides is 2. The lowest BCUT2D eigenvalue weighted by Crippen LogP contribution is -2.62. The normalized spacial score (nSPS) is 26.2. The molecule has 1 aliphatic heterocycles. The molecule has 138 valence electrons. The van der Waals surface area contributed by atoms with Crippen molar-refractivity contribution in [3.63, 3.8) is 0 Å². The number of piperazine rings is 1. The largest absolute Gasteiger partial charge is 0.426 e. The van der Waals surface area contributed by atoms with Crippen LogP contribution in [0.5, 0.6) is 0 Å². The zero-order valence-electron chi connectivity index (χ0n) is 14.1. The van der Waals surface area contributed by atoms with E-state index in [9.17, 15) is 27.9 Å². The maximum absolute atomic E-state index is 12.8. The van der Waals surface area contributed by atoms with Gasteiger partial charge in [0, 0.05) is 31.6 Å². The first-order chi connectivity index (χ1) is 11.1. The summed E-state index contributed by atoms with van der Waals surface area (Å²) >= 11 is 0. The fraction of sp³-hybridized carbons (Fsp3) is 0.875. The molecule has 0 radical (unpaired) electrons. The van der Waals surface area contributed by atoms with Crippen LogP contribution in [-0.2, 0) is 9.59 Å². The van der Waals surface area contributed by atoms with E-state index < -0.39 is 17.7 Å². The Bertz CT molecular complexity index is 487. The van der Waals surface area contributed by atoms with Gasteiger partial charge in [-0.05, 0) is 26.7 Å². The smallest absolute Gasteiger partial charge is 0.373 e. The van der Waals surface area contributed by atoms with Gasteiger partial charge in [-0.25, -0.2) is 0 Å². The maximum atomic E-state index is 12.8. The lowest BCUT2D eigenvalue weighted by atomic mass is 9.87. The monoisotopic (exact) mass is 350 g/mol. The number of rotatable bonds is 2. The van der Waals surface area contributed by atoms with Crippen molar-refractivity contribution in [2.75, 3.05) is 19.6 Å². The Morgan fingerprint density at radius 1 is 1.08 bits per heavy atom. The van der Waals surface area contributed by atoms with E-state index in [-0.39, 0.29) is 37.5 Å². The number of hydrogen-bond donors (Lipinski definition) is 1. The van der Waals surface area contributed by atoms with Crippen LogP contribution >= 0.6 is 0 Å². The van der Waals surface area contributed by atoms with Gasteiger partial charge in [-0.3, -0.25) is 9.59 Å². The lowest BCUT2D eigenvalue weighted by Gasteiger charge is -2.43.